The Bertz CT molecular complexity index is 379. The first-order valence-corrected chi connectivity index (χ1v) is 10.6. The summed E-state index contributed by atoms with van der Waals surface area (Å²) in [5.74, 6) is 0. The second kappa shape index (κ2) is 20.4. The number of halogens is 3. The lowest BCUT2D eigenvalue weighted by Crippen LogP contribution is -2.38. The first kappa shape index (κ1) is 28.9. The van der Waals surface area contributed by atoms with Gasteiger partial charge in [0.1, 0.15) is 0 Å². The van der Waals surface area contributed by atoms with Crippen LogP contribution in [0.25, 0.3) is 0 Å². The lowest BCUT2D eigenvalue weighted by molar-refractivity contribution is -0.126. The Balaban J connectivity index is 0. The van der Waals surface area contributed by atoms with Crippen LogP contribution in [0.4, 0.5) is 13.2 Å². The van der Waals surface area contributed by atoms with Gasteiger partial charge < -0.3 is 10.6 Å². The predicted molar refractivity (Wildman–Crippen MR) is 109 cm³/mol. The van der Waals surface area contributed by atoms with Crippen molar-refractivity contribution in [3.05, 3.63) is 0 Å². The average Bonchev–Trinajstić information content (AvgIpc) is 2.70. The minimum Gasteiger partial charge on any atom is -0.313 e. The molecule has 0 aliphatic heterocycles. The normalized spacial score (nSPS) is 17.5. The van der Waals surface area contributed by atoms with E-state index < -0.39 is 12.7 Å². The van der Waals surface area contributed by atoms with Crippen molar-refractivity contribution in [1.29, 1.82) is 10.5 Å². The maximum absolute atomic E-state index is 11.7. The zero-order valence-electron chi connectivity index (χ0n) is 17.7. The highest BCUT2D eigenvalue weighted by atomic mass is 19.4. The van der Waals surface area contributed by atoms with E-state index in [1.54, 1.807) is 0 Å². The fourth-order valence-electron chi connectivity index (χ4n) is 3.21. The summed E-state index contributed by atoms with van der Waals surface area (Å²) in [5.41, 5.74) is 0. The highest BCUT2D eigenvalue weighted by molar-refractivity contribution is 4.76. The maximum Gasteiger partial charge on any atom is 0.401 e. The van der Waals surface area contributed by atoms with Crippen LogP contribution in [0.15, 0.2) is 0 Å². The molecule has 0 unspecified atom stereocenters. The van der Waals surface area contributed by atoms with Crippen LogP contribution in [-0.4, -0.2) is 31.3 Å². The van der Waals surface area contributed by atoms with E-state index in [1.165, 1.54) is 44.9 Å². The summed E-state index contributed by atoms with van der Waals surface area (Å²) in [7, 11) is 0. The Labute approximate surface area is 169 Å². The quantitative estimate of drug-likeness (QED) is 0.564. The number of nitriles is 2. The maximum atomic E-state index is 11.7. The fourth-order valence-corrected chi connectivity index (χ4v) is 3.21. The van der Waals surface area contributed by atoms with E-state index in [2.05, 4.69) is 37.1 Å². The molecule has 0 spiro atoms. The van der Waals surface area contributed by atoms with E-state index in [1.807, 2.05) is 0 Å². The minimum atomic E-state index is -4.06. The summed E-state index contributed by atoms with van der Waals surface area (Å²) < 4.78 is 35.2. The molecule has 2 N–H and O–H groups in total. The summed E-state index contributed by atoms with van der Waals surface area (Å²) in [6.45, 7) is 7.79. The molecule has 0 bridgehead atoms. The molecule has 164 valence electrons. The van der Waals surface area contributed by atoms with E-state index in [4.69, 9.17) is 10.5 Å². The molecule has 0 aromatic rings. The van der Waals surface area contributed by atoms with Gasteiger partial charge in [0.2, 0.25) is 0 Å². The molecule has 2 aliphatic carbocycles. The summed E-state index contributed by atoms with van der Waals surface area (Å²) in [6.07, 6.45) is 9.69. The van der Waals surface area contributed by atoms with Crippen LogP contribution in [0.1, 0.15) is 90.9 Å². The van der Waals surface area contributed by atoms with E-state index in [0.717, 1.165) is 32.2 Å². The van der Waals surface area contributed by atoms with Crippen LogP contribution in [0, 0.1) is 23.2 Å². The summed E-state index contributed by atoms with van der Waals surface area (Å²) >= 11 is 0. The van der Waals surface area contributed by atoms with Crippen molar-refractivity contribution >= 4 is 0 Å². The van der Waals surface area contributed by atoms with Gasteiger partial charge in [-0.25, -0.2) is 5.26 Å². The first-order chi connectivity index (χ1) is 13.4. The smallest absolute Gasteiger partial charge is 0.313 e. The highest BCUT2D eigenvalue weighted by Gasteiger charge is 2.28. The zero-order valence-corrected chi connectivity index (χ0v) is 17.7. The molecule has 7 heteroatoms. The van der Waals surface area contributed by atoms with Crippen LogP contribution in [0.2, 0.25) is 0 Å². The third kappa shape index (κ3) is 21.0. The molecular weight excluding hydrogens is 365 g/mol. The first-order valence-electron chi connectivity index (χ1n) is 10.6. The molecule has 0 saturated heterocycles. The van der Waals surface area contributed by atoms with Gasteiger partial charge in [-0.1, -0.05) is 58.8 Å². The Morgan fingerprint density at radius 2 is 1.25 bits per heavy atom. The molecule has 2 fully saturated rings. The number of rotatable bonds is 5. The van der Waals surface area contributed by atoms with Crippen molar-refractivity contribution in [3.8, 4) is 12.6 Å². The lowest BCUT2D eigenvalue weighted by Gasteiger charge is -2.23. The second-order valence-electron chi connectivity index (χ2n) is 7.24. The van der Waals surface area contributed by atoms with Gasteiger partial charge >= 0.3 is 6.18 Å². The van der Waals surface area contributed by atoms with Gasteiger partial charge in [-0.2, -0.15) is 18.4 Å². The van der Waals surface area contributed by atoms with E-state index in [-0.39, 0.29) is 6.04 Å². The standard InChI is InChI=1S/C9H16N2.C8H14F3N.C3H8.CHN/c10-7-4-8-11-9-5-2-1-3-6-9;9-8(10,11)6-12-7-4-2-1-3-5-7;1-3-2;1-2/h9,11H,1-6,8H2;7,12H,1-6H2;3H2,1-2H3;1H. The van der Waals surface area contributed by atoms with Gasteiger partial charge in [-0.05, 0) is 25.7 Å². The van der Waals surface area contributed by atoms with Gasteiger partial charge in [0.15, 0.2) is 0 Å². The molecule has 0 heterocycles. The zero-order chi connectivity index (χ0) is 21.7. The predicted octanol–water partition coefficient (Wildman–Crippen LogP) is 5.85. The van der Waals surface area contributed by atoms with Crippen molar-refractivity contribution in [2.75, 3.05) is 13.1 Å². The number of nitrogens with one attached hydrogen (secondary N) is 2. The minimum absolute atomic E-state index is 0.0976. The van der Waals surface area contributed by atoms with Crippen LogP contribution in [-0.2, 0) is 0 Å². The van der Waals surface area contributed by atoms with Crippen molar-refractivity contribution in [1.82, 2.24) is 10.6 Å². The van der Waals surface area contributed by atoms with Crippen LogP contribution >= 0.6 is 0 Å². The van der Waals surface area contributed by atoms with Gasteiger partial charge in [-0.15, -0.1) is 0 Å². The molecule has 2 saturated carbocycles. The fraction of sp³-hybridized carbons (Fsp3) is 0.905. The van der Waals surface area contributed by atoms with Crippen molar-refractivity contribution < 1.29 is 13.2 Å². The van der Waals surface area contributed by atoms with E-state index >= 15 is 0 Å². The molecule has 0 amide bonds. The SMILES string of the molecule is C#N.CCC.FC(F)(F)CNC1CCCCC1.N#CCCNC1CCCCC1. The Kier molecular flexibility index (Phi) is 21.1. The van der Waals surface area contributed by atoms with Crippen LogP contribution in [0.5, 0.6) is 0 Å². The monoisotopic (exact) mass is 404 g/mol. The second-order valence-corrected chi connectivity index (χ2v) is 7.24. The molecule has 0 atom stereocenters. The van der Waals surface area contributed by atoms with E-state index in [0.29, 0.717) is 12.5 Å². The highest BCUT2D eigenvalue weighted by Crippen LogP contribution is 2.19. The number of alkyl halides is 3. The molecule has 0 aromatic carbocycles. The van der Waals surface area contributed by atoms with Crippen molar-refractivity contribution in [3.63, 3.8) is 0 Å². The molecule has 0 radical (unpaired) electrons. The molecule has 2 aliphatic rings. The number of hydrogen-bond donors (Lipinski definition) is 2. The average molecular weight is 405 g/mol. The topological polar surface area (TPSA) is 71.6 Å². The Hall–Kier alpha value is -1.31. The number of nitrogens with zero attached hydrogens (tertiary/aromatic N) is 2. The summed E-state index contributed by atoms with van der Waals surface area (Å²) in [6, 6.07) is 2.95. The van der Waals surface area contributed by atoms with Gasteiger partial charge in [-0.3, -0.25) is 0 Å². The molecular formula is C21H39F3N4. The third-order valence-electron chi connectivity index (χ3n) is 4.47. The van der Waals surface area contributed by atoms with Crippen LogP contribution < -0.4 is 10.6 Å². The summed E-state index contributed by atoms with van der Waals surface area (Å²) in [4.78, 5) is 0. The summed E-state index contributed by atoms with van der Waals surface area (Å²) in [5, 5.41) is 20.7. The van der Waals surface area contributed by atoms with Gasteiger partial charge in [0, 0.05) is 31.6 Å². The largest absolute Gasteiger partial charge is 0.401 e. The molecule has 2 rings (SSSR count). The van der Waals surface area contributed by atoms with Crippen LogP contribution in [0.3, 0.4) is 0 Å². The number of hydrogen-bond acceptors (Lipinski definition) is 4. The Morgan fingerprint density at radius 3 is 1.61 bits per heavy atom. The van der Waals surface area contributed by atoms with Gasteiger partial charge in [0.25, 0.3) is 0 Å². The third-order valence-corrected chi connectivity index (χ3v) is 4.47. The van der Waals surface area contributed by atoms with Crippen molar-refractivity contribution in [2.45, 2.75) is 109 Å². The van der Waals surface area contributed by atoms with Crippen molar-refractivity contribution in [2.24, 2.45) is 0 Å². The molecule has 4 nitrogen and oxygen atoms in total. The Morgan fingerprint density at radius 1 is 0.857 bits per heavy atom. The molecule has 28 heavy (non-hydrogen) atoms. The molecule has 0 aromatic heterocycles. The van der Waals surface area contributed by atoms with E-state index in [9.17, 15) is 13.2 Å². The van der Waals surface area contributed by atoms with Gasteiger partial charge in [0.05, 0.1) is 12.6 Å². The lowest BCUT2D eigenvalue weighted by atomic mass is 9.95.